The Hall–Kier alpha value is -3.78. The summed E-state index contributed by atoms with van der Waals surface area (Å²) in [6.45, 7) is 2.97. The maximum absolute atomic E-state index is 13.1. The lowest BCUT2D eigenvalue weighted by atomic mass is 10.2. The molecule has 4 aromatic rings. The van der Waals surface area contributed by atoms with E-state index in [4.69, 9.17) is 4.74 Å². The zero-order valence-electron chi connectivity index (χ0n) is 19.6. The summed E-state index contributed by atoms with van der Waals surface area (Å²) in [5.74, 6) is 0.818. The minimum atomic E-state index is -0.0377. The first-order valence-electron chi connectivity index (χ1n) is 11.6. The number of carbonyl (C=O) groups is 1. The molecule has 0 atom stereocenters. The van der Waals surface area contributed by atoms with Crippen molar-refractivity contribution in [1.82, 2.24) is 14.9 Å². The van der Waals surface area contributed by atoms with E-state index >= 15 is 0 Å². The third kappa shape index (κ3) is 5.17. The summed E-state index contributed by atoms with van der Waals surface area (Å²) in [5.41, 5.74) is 3.31. The molecule has 0 unspecified atom stereocenters. The van der Waals surface area contributed by atoms with Crippen LogP contribution in [0, 0.1) is 0 Å². The highest BCUT2D eigenvalue weighted by atomic mass is 32.2. The van der Waals surface area contributed by atoms with Gasteiger partial charge in [0, 0.05) is 37.8 Å². The molecule has 1 aliphatic rings. The van der Waals surface area contributed by atoms with Gasteiger partial charge in [0.05, 0.1) is 35.1 Å². The molecule has 1 aliphatic heterocycles. The van der Waals surface area contributed by atoms with Gasteiger partial charge in [-0.1, -0.05) is 30.3 Å². The van der Waals surface area contributed by atoms with Crippen LogP contribution in [0.5, 0.6) is 5.75 Å². The maximum Gasteiger partial charge on any atom is 0.272 e. The number of methoxy groups -OCH3 is 1. The van der Waals surface area contributed by atoms with Crippen molar-refractivity contribution in [2.75, 3.05) is 42.9 Å². The molecule has 8 heteroatoms. The van der Waals surface area contributed by atoms with Gasteiger partial charge in [-0.15, -0.1) is 0 Å². The number of ether oxygens (including phenoxy) is 1. The molecule has 0 aliphatic carbocycles. The van der Waals surface area contributed by atoms with Gasteiger partial charge in [-0.3, -0.25) is 9.78 Å². The largest absolute Gasteiger partial charge is 0.495 e. The SMILES string of the molecule is COc1ccccc1N1CCCN(C(=O)c2ccc(NSc3cccc4cccnc34)cn2)CC1. The molecule has 5 rings (SSSR count). The Balaban J connectivity index is 1.21. The summed E-state index contributed by atoms with van der Waals surface area (Å²) in [6, 6.07) is 21.8. The molecular formula is C27H27N5O2S. The fraction of sp³-hybridized carbons (Fsp3) is 0.222. The van der Waals surface area contributed by atoms with E-state index in [1.807, 2.05) is 59.5 Å². The van der Waals surface area contributed by atoms with Gasteiger partial charge < -0.3 is 19.3 Å². The molecule has 0 radical (unpaired) electrons. The monoisotopic (exact) mass is 485 g/mol. The number of benzene rings is 2. The fourth-order valence-corrected chi connectivity index (χ4v) is 5.03. The number of hydrogen-bond acceptors (Lipinski definition) is 7. The van der Waals surface area contributed by atoms with Gasteiger partial charge in [0.15, 0.2) is 0 Å². The van der Waals surface area contributed by atoms with E-state index in [9.17, 15) is 4.79 Å². The molecule has 0 spiro atoms. The molecular weight excluding hydrogens is 458 g/mol. The summed E-state index contributed by atoms with van der Waals surface area (Å²) in [4.78, 5) is 27.3. The Bertz CT molecular complexity index is 1310. The van der Waals surface area contributed by atoms with Crippen molar-refractivity contribution in [3.8, 4) is 5.75 Å². The van der Waals surface area contributed by atoms with Crippen molar-refractivity contribution in [2.24, 2.45) is 0 Å². The lowest BCUT2D eigenvalue weighted by Crippen LogP contribution is -2.35. The summed E-state index contributed by atoms with van der Waals surface area (Å²) in [5, 5.41) is 1.10. The number of para-hydroxylation sites is 3. The van der Waals surface area contributed by atoms with E-state index in [1.165, 1.54) is 11.9 Å². The van der Waals surface area contributed by atoms with Crippen LogP contribution in [-0.4, -0.2) is 54.1 Å². The number of hydrogen-bond donors (Lipinski definition) is 1. The average Bonchev–Trinajstić information content (AvgIpc) is 3.18. The Morgan fingerprint density at radius 1 is 0.943 bits per heavy atom. The molecule has 1 saturated heterocycles. The molecule has 1 N–H and O–H groups in total. The van der Waals surface area contributed by atoms with Crippen LogP contribution < -0.4 is 14.4 Å². The summed E-state index contributed by atoms with van der Waals surface area (Å²) < 4.78 is 8.83. The number of amides is 1. The second kappa shape index (κ2) is 10.7. The number of pyridine rings is 2. The van der Waals surface area contributed by atoms with Gasteiger partial charge in [0.1, 0.15) is 11.4 Å². The molecule has 2 aromatic heterocycles. The summed E-state index contributed by atoms with van der Waals surface area (Å²) >= 11 is 1.49. The topological polar surface area (TPSA) is 70.6 Å². The van der Waals surface area contributed by atoms with Crippen LogP contribution in [0.1, 0.15) is 16.9 Å². The van der Waals surface area contributed by atoms with Gasteiger partial charge in [-0.25, -0.2) is 4.98 Å². The summed E-state index contributed by atoms with van der Waals surface area (Å²) in [6.07, 6.45) is 4.39. The van der Waals surface area contributed by atoms with E-state index in [0.717, 1.165) is 52.4 Å². The molecule has 0 saturated carbocycles. The predicted octanol–water partition coefficient (Wildman–Crippen LogP) is 5.11. The highest BCUT2D eigenvalue weighted by Gasteiger charge is 2.22. The number of nitrogens with one attached hydrogen (secondary N) is 1. The average molecular weight is 486 g/mol. The number of carbonyl (C=O) groups excluding carboxylic acids is 1. The molecule has 1 fully saturated rings. The van der Waals surface area contributed by atoms with Crippen LogP contribution in [0.25, 0.3) is 10.9 Å². The van der Waals surface area contributed by atoms with Crippen molar-refractivity contribution >= 4 is 40.1 Å². The zero-order valence-corrected chi connectivity index (χ0v) is 20.4. The number of aromatic nitrogens is 2. The van der Waals surface area contributed by atoms with E-state index < -0.39 is 0 Å². The number of fused-ring (bicyclic) bond motifs is 1. The standard InChI is InChI=1S/C27H27N5O2S/c1-34-24-10-3-2-9-23(24)31-15-6-16-32(18-17-31)27(33)22-13-12-21(19-29-22)30-35-25-11-4-7-20-8-5-14-28-26(20)25/h2-5,7-14,19,30H,6,15-18H2,1H3. The fourth-order valence-electron chi connectivity index (χ4n) is 4.27. The van der Waals surface area contributed by atoms with Crippen molar-refractivity contribution < 1.29 is 9.53 Å². The summed E-state index contributed by atoms with van der Waals surface area (Å²) in [7, 11) is 1.69. The smallest absolute Gasteiger partial charge is 0.272 e. The third-order valence-electron chi connectivity index (χ3n) is 6.07. The van der Waals surface area contributed by atoms with Crippen LogP contribution in [-0.2, 0) is 0 Å². The van der Waals surface area contributed by atoms with Crippen LogP contribution >= 0.6 is 11.9 Å². The Morgan fingerprint density at radius 2 is 1.83 bits per heavy atom. The van der Waals surface area contributed by atoms with Crippen LogP contribution in [0.2, 0.25) is 0 Å². The van der Waals surface area contributed by atoms with Gasteiger partial charge >= 0.3 is 0 Å². The molecule has 2 aromatic carbocycles. The molecule has 3 heterocycles. The van der Waals surface area contributed by atoms with E-state index in [2.05, 4.69) is 25.7 Å². The third-order valence-corrected chi connectivity index (χ3v) is 6.95. The molecule has 178 valence electrons. The van der Waals surface area contributed by atoms with Crippen molar-refractivity contribution in [1.29, 1.82) is 0 Å². The molecule has 0 bridgehead atoms. The highest BCUT2D eigenvalue weighted by molar-refractivity contribution is 8.00. The Kier molecular flexibility index (Phi) is 6.99. The lowest BCUT2D eigenvalue weighted by molar-refractivity contribution is 0.0761. The van der Waals surface area contributed by atoms with Crippen LogP contribution in [0.4, 0.5) is 11.4 Å². The number of nitrogens with zero attached hydrogens (tertiary/aromatic N) is 4. The second-order valence-electron chi connectivity index (χ2n) is 8.27. The first kappa shape index (κ1) is 23.0. The second-order valence-corrected chi connectivity index (χ2v) is 9.12. The lowest BCUT2D eigenvalue weighted by Gasteiger charge is -2.25. The quantitative estimate of drug-likeness (QED) is 0.381. The normalized spacial score (nSPS) is 14.0. The molecule has 7 nitrogen and oxygen atoms in total. The maximum atomic E-state index is 13.1. The number of anilines is 2. The minimum absolute atomic E-state index is 0.0377. The van der Waals surface area contributed by atoms with Gasteiger partial charge in [-0.2, -0.15) is 0 Å². The molecule has 1 amide bonds. The zero-order chi connectivity index (χ0) is 24.0. The molecule has 35 heavy (non-hydrogen) atoms. The predicted molar refractivity (Wildman–Crippen MR) is 141 cm³/mol. The van der Waals surface area contributed by atoms with E-state index in [0.29, 0.717) is 18.8 Å². The van der Waals surface area contributed by atoms with Crippen molar-refractivity contribution in [3.05, 3.63) is 84.8 Å². The van der Waals surface area contributed by atoms with Crippen molar-refractivity contribution in [2.45, 2.75) is 11.3 Å². The van der Waals surface area contributed by atoms with E-state index in [-0.39, 0.29) is 5.91 Å². The van der Waals surface area contributed by atoms with Crippen molar-refractivity contribution in [3.63, 3.8) is 0 Å². The Labute approximate surface area is 209 Å². The van der Waals surface area contributed by atoms with Gasteiger partial charge in [0.2, 0.25) is 0 Å². The minimum Gasteiger partial charge on any atom is -0.495 e. The Morgan fingerprint density at radius 3 is 2.69 bits per heavy atom. The van der Waals surface area contributed by atoms with Gasteiger partial charge in [-0.05, 0) is 54.8 Å². The highest BCUT2D eigenvalue weighted by Crippen LogP contribution is 2.29. The first-order valence-corrected chi connectivity index (χ1v) is 12.4. The van der Waals surface area contributed by atoms with Crippen LogP contribution in [0.15, 0.2) is 84.0 Å². The number of rotatable bonds is 6. The first-order chi connectivity index (χ1) is 17.2. The van der Waals surface area contributed by atoms with Crippen LogP contribution in [0.3, 0.4) is 0 Å². The van der Waals surface area contributed by atoms with E-state index in [1.54, 1.807) is 25.6 Å². The van der Waals surface area contributed by atoms with Gasteiger partial charge in [0.25, 0.3) is 5.91 Å².